The number of aryl methyl sites for hydroxylation is 1. The Morgan fingerprint density at radius 1 is 1.13 bits per heavy atom. The number of carbonyl (C=O) groups excluding carboxylic acids is 2. The van der Waals surface area contributed by atoms with E-state index in [0.29, 0.717) is 11.1 Å². The molecule has 2 aromatic carbocycles. The molecule has 0 bridgehead atoms. The Balaban J connectivity index is 1.29. The van der Waals surface area contributed by atoms with Crippen LogP contribution in [0.4, 0.5) is 4.79 Å². The first-order valence-electron chi connectivity index (χ1n) is 12.3. The quantitative estimate of drug-likeness (QED) is 0.173. The SMILES string of the molecule is O=C(NC(CNC(=O)c1cccc2c(CCCNC3NC=CCN3)[nH]nc12)C(=O)O)OCc1ccccc1. The molecule has 0 aliphatic carbocycles. The Kier molecular flexibility index (Phi) is 9.27. The average molecular weight is 522 g/mol. The molecule has 2 heterocycles. The van der Waals surface area contributed by atoms with Crippen molar-refractivity contribution in [3.05, 3.63) is 77.6 Å². The molecule has 0 fully saturated rings. The fraction of sp³-hybridized carbons (Fsp3) is 0.308. The van der Waals surface area contributed by atoms with E-state index in [4.69, 9.17) is 4.74 Å². The number of carboxylic acid groups (broad SMARTS) is 1. The summed E-state index contributed by atoms with van der Waals surface area (Å²) < 4.78 is 5.08. The Morgan fingerprint density at radius 2 is 1.97 bits per heavy atom. The number of amides is 2. The van der Waals surface area contributed by atoms with E-state index in [-0.39, 0.29) is 19.4 Å². The Morgan fingerprint density at radius 3 is 2.74 bits per heavy atom. The predicted octanol–water partition coefficient (Wildman–Crippen LogP) is 1.18. The van der Waals surface area contributed by atoms with E-state index < -0.39 is 24.0 Å². The molecule has 7 N–H and O–H groups in total. The van der Waals surface area contributed by atoms with Crippen LogP contribution in [0.5, 0.6) is 0 Å². The number of nitrogens with zero attached hydrogens (tertiary/aromatic N) is 1. The third kappa shape index (κ3) is 7.31. The number of aromatic nitrogens is 2. The lowest BCUT2D eigenvalue weighted by Crippen LogP contribution is -2.53. The predicted molar refractivity (Wildman–Crippen MR) is 140 cm³/mol. The van der Waals surface area contributed by atoms with Crippen LogP contribution in [0.2, 0.25) is 0 Å². The molecule has 4 rings (SSSR count). The van der Waals surface area contributed by atoms with Gasteiger partial charge in [0.05, 0.1) is 5.56 Å². The van der Waals surface area contributed by atoms with Crippen LogP contribution in [-0.2, 0) is 22.6 Å². The molecule has 2 atom stereocenters. The highest BCUT2D eigenvalue weighted by Gasteiger charge is 2.23. The molecule has 0 saturated heterocycles. The van der Waals surface area contributed by atoms with Crippen LogP contribution in [0.1, 0.15) is 28.0 Å². The number of aliphatic carboxylic acids is 1. The Bertz CT molecular complexity index is 1280. The number of rotatable bonds is 12. The van der Waals surface area contributed by atoms with Crippen LogP contribution in [0.3, 0.4) is 0 Å². The number of alkyl carbamates (subject to hydrolysis) is 1. The van der Waals surface area contributed by atoms with E-state index in [0.717, 1.165) is 42.6 Å². The molecule has 3 aromatic rings. The summed E-state index contributed by atoms with van der Waals surface area (Å²) in [7, 11) is 0. The van der Waals surface area contributed by atoms with Crippen molar-refractivity contribution in [1.82, 2.24) is 36.8 Å². The number of carbonyl (C=O) groups is 3. The number of fused-ring (bicyclic) bond motifs is 1. The Labute approximate surface area is 219 Å². The maximum atomic E-state index is 12.9. The number of benzene rings is 2. The number of H-pyrrole nitrogens is 1. The number of hydrogen-bond donors (Lipinski definition) is 7. The van der Waals surface area contributed by atoms with Crippen molar-refractivity contribution >= 4 is 28.9 Å². The van der Waals surface area contributed by atoms with Gasteiger partial charge >= 0.3 is 12.1 Å². The number of aromatic amines is 1. The highest BCUT2D eigenvalue weighted by molar-refractivity contribution is 6.06. The molecule has 1 aromatic heterocycles. The van der Waals surface area contributed by atoms with Gasteiger partial charge in [-0.3, -0.25) is 20.5 Å². The van der Waals surface area contributed by atoms with E-state index in [1.165, 1.54) is 0 Å². The molecule has 0 radical (unpaired) electrons. The van der Waals surface area contributed by atoms with Crippen molar-refractivity contribution in [1.29, 1.82) is 0 Å². The summed E-state index contributed by atoms with van der Waals surface area (Å²) >= 11 is 0. The fourth-order valence-corrected chi connectivity index (χ4v) is 3.97. The van der Waals surface area contributed by atoms with Crippen LogP contribution < -0.4 is 26.6 Å². The van der Waals surface area contributed by atoms with Gasteiger partial charge in [0, 0.05) is 24.2 Å². The van der Waals surface area contributed by atoms with Gasteiger partial charge in [-0.05, 0) is 37.2 Å². The first-order chi connectivity index (χ1) is 18.5. The van der Waals surface area contributed by atoms with Crippen LogP contribution in [0, 0.1) is 0 Å². The monoisotopic (exact) mass is 521 g/mol. The van der Waals surface area contributed by atoms with Gasteiger partial charge in [-0.2, -0.15) is 5.10 Å². The van der Waals surface area contributed by atoms with E-state index >= 15 is 0 Å². The van der Waals surface area contributed by atoms with Crippen LogP contribution in [0.15, 0.2) is 60.8 Å². The number of hydrogen-bond acceptors (Lipinski definition) is 8. The lowest BCUT2D eigenvalue weighted by Gasteiger charge is -2.22. The van der Waals surface area contributed by atoms with Gasteiger partial charge in [-0.25, -0.2) is 9.59 Å². The second-order valence-electron chi connectivity index (χ2n) is 8.68. The molecule has 12 nitrogen and oxygen atoms in total. The maximum Gasteiger partial charge on any atom is 0.408 e. The molecular weight excluding hydrogens is 490 g/mol. The molecule has 200 valence electrons. The first-order valence-corrected chi connectivity index (χ1v) is 12.3. The number of ether oxygens (including phenoxy) is 1. The van der Waals surface area contributed by atoms with Crippen LogP contribution in [0.25, 0.3) is 10.9 Å². The van der Waals surface area contributed by atoms with Crippen molar-refractivity contribution in [2.24, 2.45) is 0 Å². The molecular formula is C26H31N7O5. The average Bonchev–Trinajstić information content (AvgIpc) is 3.36. The summed E-state index contributed by atoms with van der Waals surface area (Å²) in [6, 6.07) is 12.9. The second kappa shape index (κ2) is 13.2. The summed E-state index contributed by atoms with van der Waals surface area (Å²) in [6.45, 7) is 1.25. The number of para-hydroxylation sites is 1. The number of carboxylic acids is 1. The maximum absolute atomic E-state index is 12.9. The van der Waals surface area contributed by atoms with E-state index in [2.05, 4.69) is 36.8 Å². The minimum Gasteiger partial charge on any atom is -0.480 e. The van der Waals surface area contributed by atoms with Crippen molar-refractivity contribution in [3.8, 4) is 0 Å². The Hall–Kier alpha value is -4.42. The van der Waals surface area contributed by atoms with Crippen molar-refractivity contribution < 1.29 is 24.2 Å². The standard InChI is InChI=1S/C26H31N7O5/c34-23(30-15-21(24(35)36)31-26(37)38-16-17-7-2-1-3-8-17)19-10-4-9-18-20(32-33-22(18)19)11-5-12-27-25-28-13-6-14-29-25/h1-4,6-10,13,21,25,27-29H,5,11-12,14-16H2,(H,30,34)(H,31,37)(H,32,33)(H,35,36). The van der Waals surface area contributed by atoms with E-state index in [1.807, 2.05) is 24.4 Å². The zero-order valence-electron chi connectivity index (χ0n) is 20.7. The first kappa shape index (κ1) is 26.6. The van der Waals surface area contributed by atoms with Crippen LogP contribution >= 0.6 is 0 Å². The minimum atomic E-state index is -1.37. The molecule has 1 aliphatic heterocycles. The lowest BCUT2D eigenvalue weighted by molar-refractivity contribution is -0.139. The molecule has 2 unspecified atom stereocenters. The number of nitrogens with one attached hydrogen (secondary N) is 6. The summed E-state index contributed by atoms with van der Waals surface area (Å²) in [5, 5.41) is 32.3. The summed E-state index contributed by atoms with van der Waals surface area (Å²) in [5.41, 5.74) is 2.48. The fourth-order valence-electron chi connectivity index (χ4n) is 3.97. The molecule has 0 saturated carbocycles. The molecule has 1 aliphatic rings. The highest BCUT2D eigenvalue weighted by atomic mass is 16.5. The van der Waals surface area contributed by atoms with Gasteiger partial charge in [0.25, 0.3) is 5.91 Å². The molecule has 12 heteroatoms. The van der Waals surface area contributed by atoms with Gasteiger partial charge in [0.1, 0.15) is 24.5 Å². The molecule has 2 amide bonds. The van der Waals surface area contributed by atoms with Gasteiger partial charge in [0.15, 0.2) is 0 Å². The summed E-state index contributed by atoms with van der Waals surface area (Å²) in [4.78, 5) is 36.6. The second-order valence-corrected chi connectivity index (χ2v) is 8.68. The molecule has 38 heavy (non-hydrogen) atoms. The smallest absolute Gasteiger partial charge is 0.408 e. The normalized spacial score (nSPS) is 15.4. The lowest BCUT2D eigenvalue weighted by atomic mass is 10.1. The third-order valence-corrected chi connectivity index (χ3v) is 5.95. The summed E-state index contributed by atoms with van der Waals surface area (Å²) in [6.07, 6.45) is 4.63. The van der Waals surface area contributed by atoms with Crippen molar-refractivity contribution in [2.45, 2.75) is 31.8 Å². The third-order valence-electron chi connectivity index (χ3n) is 5.95. The van der Waals surface area contributed by atoms with Crippen molar-refractivity contribution in [3.63, 3.8) is 0 Å². The minimum absolute atomic E-state index is 0.00335. The van der Waals surface area contributed by atoms with Gasteiger partial charge in [-0.1, -0.05) is 48.5 Å². The topological polar surface area (TPSA) is 170 Å². The largest absolute Gasteiger partial charge is 0.480 e. The van der Waals surface area contributed by atoms with Gasteiger partial charge in [-0.15, -0.1) is 0 Å². The molecule has 0 spiro atoms. The summed E-state index contributed by atoms with van der Waals surface area (Å²) in [5.74, 6) is -1.80. The van der Waals surface area contributed by atoms with Crippen molar-refractivity contribution in [2.75, 3.05) is 19.6 Å². The van der Waals surface area contributed by atoms with Crippen LogP contribution in [-0.4, -0.2) is 65.2 Å². The van der Waals surface area contributed by atoms with Gasteiger partial charge < -0.3 is 25.8 Å². The van der Waals surface area contributed by atoms with E-state index in [1.54, 1.807) is 36.4 Å². The highest BCUT2D eigenvalue weighted by Crippen LogP contribution is 2.21. The zero-order chi connectivity index (χ0) is 26.7. The zero-order valence-corrected chi connectivity index (χ0v) is 20.7. The van der Waals surface area contributed by atoms with E-state index in [9.17, 15) is 19.5 Å². The van der Waals surface area contributed by atoms with Gasteiger partial charge in [0.2, 0.25) is 0 Å².